The lowest BCUT2D eigenvalue weighted by Crippen LogP contribution is -2.35. The lowest BCUT2D eigenvalue weighted by Gasteiger charge is -2.11. The summed E-state index contributed by atoms with van der Waals surface area (Å²) in [5, 5.41) is 0.381. The zero-order valence-corrected chi connectivity index (χ0v) is 11.8. The molecule has 6 heteroatoms. The summed E-state index contributed by atoms with van der Waals surface area (Å²) < 4.78 is 6.42. The van der Waals surface area contributed by atoms with Crippen molar-refractivity contribution in [2.45, 2.75) is 0 Å². The number of methoxy groups -OCH3 is 1. The first kappa shape index (κ1) is 13.5. The normalized spacial score (nSPS) is 10.8. The van der Waals surface area contributed by atoms with E-state index >= 15 is 0 Å². The predicted molar refractivity (Wildman–Crippen MR) is 81.7 cm³/mol. The quantitative estimate of drug-likeness (QED) is 0.739. The first-order valence-corrected chi connectivity index (χ1v) is 6.57. The Kier molecular flexibility index (Phi) is 3.27. The van der Waals surface area contributed by atoms with Gasteiger partial charge < -0.3 is 9.72 Å². The molecule has 5 nitrogen and oxygen atoms in total. The second-order valence-electron chi connectivity index (χ2n) is 4.43. The van der Waals surface area contributed by atoms with Gasteiger partial charge in [-0.25, -0.2) is 0 Å². The molecule has 0 amide bonds. The van der Waals surface area contributed by atoms with Gasteiger partial charge in [0.15, 0.2) is 0 Å². The van der Waals surface area contributed by atoms with Crippen LogP contribution in [0.25, 0.3) is 16.7 Å². The molecule has 0 atom stereocenters. The number of benzene rings is 2. The van der Waals surface area contributed by atoms with Gasteiger partial charge in [-0.1, -0.05) is 17.7 Å². The average Bonchev–Trinajstić information content (AvgIpc) is 2.50. The second kappa shape index (κ2) is 5.10. The summed E-state index contributed by atoms with van der Waals surface area (Å²) in [4.78, 5) is 26.5. The summed E-state index contributed by atoms with van der Waals surface area (Å²) in [6.45, 7) is 0. The lowest BCUT2D eigenvalue weighted by atomic mass is 10.2. The third-order valence-electron chi connectivity index (χ3n) is 3.20. The molecule has 21 heavy (non-hydrogen) atoms. The SMILES string of the molecule is COc1ccc(-n2c(=O)c(=O)[nH]c3c(Cl)cccc32)cc1. The molecule has 0 saturated heterocycles. The number of fused-ring (bicyclic) bond motifs is 1. The van der Waals surface area contributed by atoms with Crippen molar-refractivity contribution >= 4 is 22.6 Å². The molecule has 0 radical (unpaired) electrons. The van der Waals surface area contributed by atoms with Crippen molar-refractivity contribution in [3.05, 3.63) is 68.2 Å². The van der Waals surface area contributed by atoms with Crippen LogP contribution in [0.3, 0.4) is 0 Å². The number of ether oxygens (including phenoxy) is 1. The van der Waals surface area contributed by atoms with Crippen LogP contribution in [-0.2, 0) is 0 Å². The molecule has 106 valence electrons. The van der Waals surface area contributed by atoms with Crippen LogP contribution < -0.4 is 15.9 Å². The average molecular weight is 303 g/mol. The van der Waals surface area contributed by atoms with Gasteiger partial charge in [-0.3, -0.25) is 14.2 Å². The Morgan fingerprint density at radius 1 is 1.10 bits per heavy atom. The van der Waals surface area contributed by atoms with Gasteiger partial charge in [-0.15, -0.1) is 0 Å². The molecule has 1 aromatic heterocycles. The van der Waals surface area contributed by atoms with E-state index in [1.54, 1.807) is 49.6 Å². The second-order valence-corrected chi connectivity index (χ2v) is 4.83. The fraction of sp³-hybridized carbons (Fsp3) is 0.0667. The smallest absolute Gasteiger partial charge is 0.321 e. The van der Waals surface area contributed by atoms with Gasteiger partial charge in [0.1, 0.15) is 5.75 Å². The van der Waals surface area contributed by atoms with Crippen molar-refractivity contribution in [2.24, 2.45) is 0 Å². The Morgan fingerprint density at radius 3 is 2.48 bits per heavy atom. The molecule has 3 aromatic rings. The molecule has 0 aliphatic rings. The van der Waals surface area contributed by atoms with Crippen LogP contribution in [0.5, 0.6) is 5.75 Å². The Balaban J connectivity index is 2.40. The standard InChI is InChI=1S/C15H11ClN2O3/c1-21-10-7-5-9(6-8-10)18-12-4-2-3-11(16)13(12)17-14(19)15(18)20/h2-8H,1H3,(H,17,19). The minimum Gasteiger partial charge on any atom is -0.497 e. The highest BCUT2D eigenvalue weighted by molar-refractivity contribution is 6.34. The molecule has 0 fully saturated rings. The van der Waals surface area contributed by atoms with Crippen molar-refractivity contribution in [1.29, 1.82) is 0 Å². The van der Waals surface area contributed by atoms with Crippen molar-refractivity contribution in [3.63, 3.8) is 0 Å². The van der Waals surface area contributed by atoms with Gasteiger partial charge in [0.05, 0.1) is 23.2 Å². The van der Waals surface area contributed by atoms with E-state index in [1.807, 2.05) is 0 Å². The van der Waals surface area contributed by atoms with Crippen molar-refractivity contribution < 1.29 is 4.74 Å². The van der Waals surface area contributed by atoms with E-state index in [0.29, 0.717) is 27.5 Å². The van der Waals surface area contributed by atoms with Crippen LogP contribution in [0.4, 0.5) is 0 Å². The van der Waals surface area contributed by atoms with Crippen molar-refractivity contribution in [1.82, 2.24) is 9.55 Å². The maximum absolute atomic E-state index is 12.2. The number of nitrogens with one attached hydrogen (secondary N) is 1. The van der Waals surface area contributed by atoms with Crippen LogP contribution in [0.15, 0.2) is 52.1 Å². The zero-order valence-electron chi connectivity index (χ0n) is 11.1. The van der Waals surface area contributed by atoms with Crippen LogP contribution in [0.1, 0.15) is 0 Å². The minimum atomic E-state index is -0.716. The Bertz CT molecular complexity index is 926. The molecule has 1 N–H and O–H groups in total. The monoisotopic (exact) mass is 302 g/mol. The Labute approximate surface area is 124 Å². The number of rotatable bonds is 2. The topological polar surface area (TPSA) is 64.1 Å². The number of nitrogens with zero attached hydrogens (tertiary/aromatic N) is 1. The fourth-order valence-electron chi connectivity index (χ4n) is 2.19. The highest BCUT2D eigenvalue weighted by Gasteiger charge is 2.11. The minimum absolute atomic E-state index is 0.381. The number of halogens is 1. The summed E-state index contributed by atoms with van der Waals surface area (Å²) >= 11 is 6.08. The summed E-state index contributed by atoms with van der Waals surface area (Å²) in [6, 6.07) is 12.0. The van der Waals surface area contributed by atoms with Gasteiger partial charge in [-0.2, -0.15) is 0 Å². The van der Waals surface area contributed by atoms with Gasteiger partial charge in [-0.05, 0) is 36.4 Å². The molecule has 0 aliphatic heterocycles. The number of aromatic amines is 1. The van der Waals surface area contributed by atoms with E-state index in [4.69, 9.17) is 16.3 Å². The zero-order chi connectivity index (χ0) is 15.0. The molecule has 2 aromatic carbocycles. The molecule has 0 bridgehead atoms. The van der Waals surface area contributed by atoms with Crippen molar-refractivity contribution in [2.75, 3.05) is 7.11 Å². The largest absolute Gasteiger partial charge is 0.497 e. The number of para-hydroxylation sites is 1. The summed E-state index contributed by atoms with van der Waals surface area (Å²) in [5.41, 5.74) is 0.164. The van der Waals surface area contributed by atoms with Crippen LogP contribution in [-0.4, -0.2) is 16.7 Å². The first-order valence-electron chi connectivity index (χ1n) is 6.20. The lowest BCUT2D eigenvalue weighted by molar-refractivity contribution is 0.414. The van der Waals surface area contributed by atoms with E-state index in [0.717, 1.165) is 0 Å². The molecule has 1 heterocycles. The molecule has 0 unspecified atom stereocenters. The maximum atomic E-state index is 12.2. The summed E-state index contributed by atoms with van der Waals surface area (Å²) in [6.07, 6.45) is 0. The number of hydrogen-bond acceptors (Lipinski definition) is 3. The van der Waals surface area contributed by atoms with E-state index in [2.05, 4.69) is 4.98 Å². The highest BCUT2D eigenvalue weighted by Crippen LogP contribution is 2.22. The molecule has 0 aliphatic carbocycles. The highest BCUT2D eigenvalue weighted by atomic mass is 35.5. The van der Waals surface area contributed by atoms with Crippen LogP contribution in [0.2, 0.25) is 5.02 Å². The third-order valence-corrected chi connectivity index (χ3v) is 3.51. The maximum Gasteiger partial charge on any atom is 0.321 e. The number of aromatic nitrogens is 2. The number of hydrogen-bond donors (Lipinski definition) is 1. The Hall–Kier alpha value is -2.53. The Morgan fingerprint density at radius 2 is 1.81 bits per heavy atom. The fourth-order valence-corrected chi connectivity index (χ4v) is 2.41. The number of H-pyrrole nitrogens is 1. The van der Waals surface area contributed by atoms with E-state index in [9.17, 15) is 9.59 Å². The van der Waals surface area contributed by atoms with Crippen LogP contribution in [0, 0.1) is 0 Å². The molecular formula is C15H11ClN2O3. The summed E-state index contributed by atoms with van der Waals surface area (Å²) in [5.74, 6) is 0.666. The van der Waals surface area contributed by atoms with E-state index in [-0.39, 0.29) is 0 Å². The van der Waals surface area contributed by atoms with Gasteiger partial charge in [0.2, 0.25) is 0 Å². The third kappa shape index (κ3) is 2.21. The molecular weight excluding hydrogens is 292 g/mol. The molecule has 0 saturated carbocycles. The predicted octanol–water partition coefficient (Wildman–Crippen LogP) is 2.34. The summed E-state index contributed by atoms with van der Waals surface area (Å²) in [7, 11) is 1.56. The first-order chi connectivity index (χ1) is 10.1. The van der Waals surface area contributed by atoms with Crippen molar-refractivity contribution in [3.8, 4) is 11.4 Å². The van der Waals surface area contributed by atoms with Gasteiger partial charge >= 0.3 is 11.1 Å². The van der Waals surface area contributed by atoms with Gasteiger partial charge in [0, 0.05) is 5.69 Å². The van der Waals surface area contributed by atoms with E-state index in [1.165, 1.54) is 4.57 Å². The van der Waals surface area contributed by atoms with Crippen LogP contribution >= 0.6 is 11.6 Å². The molecule has 0 spiro atoms. The van der Waals surface area contributed by atoms with E-state index < -0.39 is 11.1 Å². The molecule has 3 rings (SSSR count). The van der Waals surface area contributed by atoms with Gasteiger partial charge in [0.25, 0.3) is 0 Å².